The first-order valence-corrected chi connectivity index (χ1v) is 6.27. The number of esters is 1. The summed E-state index contributed by atoms with van der Waals surface area (Å²) in [5.41, 5.74) is 0.0840. The summed E-state index contributed by atoms with van der Waals surface area (Å²) in [6.07, 6.45) is 0. The van der Waals surface area contributed by atoms with Gasteiger partial charge in [0, 0.05) is 11.1 Å². The summed E-state index contributed by atoms with van der Waals surface area (Å²) < 4.78 is 38.8. The SMILES string of the molecule is CCOC(=O)c1cc(-c2cc(Cl)ccc2OC(F)F)on1. The van der Waals surface area contributed by atoms with Crippen molar-refractivity contribution >= 4 is 17.6 Å². The molecule has 1 aromatic carbocycles. The molecule has 0 aliphatic rings. The maximum Gasteiger partial charge on any atom is 0.387 e. The van der Waals surface area contributed by atoms with Crippen LogP contribution in [-0.4, -0.2) is 24.3 Å². The molecular formula is C13H10ClF2NO4. The molecule has 0 radical (unpaired) electrons. The summed E-state index contributed by atoms with van der Waals surface area (Å²) in [6, 6.07) is 5.30. The van der Waals surface area contributed by atoms with E-state index in [4.69, 9.17) is 20.9 Å². The molecule has 2 rings (SSSR count). The highest BCUT2D eigenvalue weighted by atomic mass is 35.5. The lowest BCUT2D eigenvalue weighted by Gasteiger charge is -2.08. The summed E-state index contributed by atoms with van der Waals surface area (Å²) >= 11 is 5.83. The Morgan fingerprint density at radius 3 is 2.86 bits per heavy atom. The first-order chi connectivity index (χ1) is 10.0. The van der Waals surface area contributed by atoms with Crippen molar-refractivity contribution in [3.63, 3.8) is 0 Å². The number of nitrogens with zero attached hydrogens (tertiary/aromatic N) is 1. The van der Waals surface area contributed by atoms with E-state index in [1.54, 1.807) is 6.92 Å². The molecule has 0 unspecified atom stereocenters. The van der Waals surface area contributed by atoms with Gasteiger partial charge in [0.1, 0.15) is 5.75 Å². The van der Waals surface area contributed by atoms with Crippen LogP contribution < -0.4 is 4.74 Å². The smallest absolute Gasteiger partial charge is 0.387 e. The third-order valence-electron chi connectivity index (χ3n) is 2.42. The van der Waals surface area contributed by atoms with E-state index in [1.165, 1.54) is 24.3 Å². The zero-order valence-electron chi connectivity index (χ0n) is 10.8. The highest BCUT2D eigenvalue weighted by Gasteiger charge is 2.19. The molecule has 0 N–H and O–H groups in total. The minimum atomic E-state index is -3.00. The van der Waals surface area contributed by atoms with Gasteiger partial charge in [0.05, 0.1) is 12.2 Å². The van der Waals surface area contributed by atoms with Crippen LogP contribution in [-0.2, 0) is 4.74 Å². The summed E-state index contributed by atoms with van der Waals surface area (Å²) in [4.78, 5) is 11.5. The second-order valence-electron chi connectivity index (χ2n) is 3.82. The average molecular weight is 318 g/mol. The standard InChI is InChI=1S/C13H10ClF2NO4/c1-2-19-12(18)9-6-11(21-17-9)8-5-7(14)3-4-10(8)20-13(15)16/h3-6,13H,2H2,1H3. The fourth-order valence-corrected chi connectivity index (χ4v) is 1.77. The lowest BCUT2D eigenvalue weighted by atomic mass is 10.1. The molecule has 21 heavy (non-hydrogen) atoms. The Morgan fingerprint density at radius 1 is 1.43 bits per heavy atom. The second kappa shape index (κ2) is 6.53. The fraction of sp³-hybridized carbons (Fsp3) is 0.231. The number of hydrogen-bond donors (Lipinski definition) is 0. The molecule has 0 bridgehead atoms. The number of alkyl halides is 2. The Balaban J connectivity index is 2.37. The van der Waals surface area contributed by atoms with E-state index in [9.17, 15) is 13.6 Å². The van der Waals surface area contributed by atoms with Crippen LogP contribution in [0.2, 0.25) is 5.02 Å². The van der Waals surface area contributed by atoms with E-state index in [0.29, 0.717) is 5.02 Å². The molecule has 0 aliphatic heterocycles. The largest absolute Gasteiger partial charge is 0.461 e. The minimum absolute atomic E-state index is 0.0659. The summed E-state index contributed by atoms with van der Waals surface area (Å²) in [6.45, 7) is -1.18. The maximum atomic E-state index is 12.4. The topological polar surface area (TPSA) is 61.6 Å². The normalized spacial score (nSPS) is 10.7. The van der Waals surface area contributed by atoms with Crippen LogP contribution in [0.3, 0.4) is 0 Å². The molecule has 8 heteroatoms. The van der Waals surface area contributed by atoms with Crippen LogP contribution in [0.5, 0.6) is 5.75 Å². The van der Waals surface area contributed by atoms with Gasteiger partial charge in [0.2, 0.25) is 0 Å². The third kappa shape index (κ3) is 3.69. The summed E-state index contributed by atoms with van der Waals surface area (Å²) in [7, 11) is 0. The zero-order chi connectivity index (χ0) is 15.4. The van der Waals surface area contributed by atoms with Crippen molar-refractivity contribution in [3.8, 4) is 17.1 Å². The van der Waals surface area contributed by atoms with Gasteiger partial charge in [-0.15, -0.1) is 0 Å². The van der Waals surface area contributed by atoms with Gasteiger partial charge in [-0.2, -0.15) is 8.78 Å². The molecule has 0 amide bonds. The lowest BCUT2D eigenvalue weighted by Crippen LogP contribution is -2.04. The van der Waals surface area contributed by atoms with E-state index >= 15 is 0 Å². The molecule has 0 saturated heterocycles. The van der Waals surface area contributed by atoms with Crippen molar-refractivity contribution in [1.29, 1.82) is 0 Å². The zero-order valence-corrected chi connectivity index (χ0v) is 11.6. The van der Waals surface area contributed by atoms with Gasteiger partial charge in [0.25, 0.3) is 0 Å². The fourth-order valence-electron chi connectivity index (χ4n) is 1.60. The van der Waals surface area contributed by atoms with Gasteiger partial charge < -0.3 is 14.0 Å². The Morgan fingerprint density at radius 2 is 2.19 bits per heavy atom. The molecule has 5 nitrogen and oxygen atoms in total. The minimum Gasteiger partial charge on any atom is -0.461 e. The van der Waals surface area contributed by atoms with E-state index in [0.717, 1.165) is 0 Å². The van der Waals surface area contributed by atoms with E-state index in [2.05, 4.69) is 9.89 Å². The first kappa shape index (κ1) is 15.2. The molecule has 0 spiro atoms. The molecule has 0 saturated carbocycles. The van der Waals surface area contributed by atoms with Crippen molar-refractivity contribution in [2.24, 2.45) is 0 Å². The van der Waals surface area contributed by atoms with Crippen LogP contribution in [0.4, 0.5) is 8.78 Å². The average Bonchev–Trinajstić information content (AvgIpc) is 2.90. The van der Waals surface area contributed by atoms with Crippen LogP contribution in [0.25, 0.3) is 11.3 Å². The predicted molar refractivity (Wildman–Crippen MR) is 69.5 cm³/mol. The van der Waals surface area contributed by atoms with Gasteiger partial charge in [0.15, 0.2) is 11.5 Å². The molecule has 1 heterocycles. The number of carbonyl (C=O) groups is 1. The van der Waals surface area contributed by atoms with E-state index in [1.807, 2.05) is 0 Å². The van der Waals surface area contributed by atoms with E-state index < -0.39 is 12.6 Å². The molecule has 1 aromatic heterocycles. The first-order valence-electron chi connectivity index (χ1n) is 5.89. The Kier molecular flexibility index (Phi) is 4.74. The number of halogens is 3. The number of ether oxygens (including phenoxy) is 2. The molecule has 0 aliphatic carbocycles. The van der Waals surface area contributed by atoms with Gasteiger partial charge in [-0.05, 0) is 25.1 Å². The Bertz CT molecular complexity index is 645. The van der Waals surface area contributed by atoms with Crippen LogP contribution in [0.15, 0.2) is 28.8 Å². The maximum absolute atomic E-state index is 12.4. The van der Waals surface area contributed by atoms with Crippen LogP contribution in [0.1, 0.15) is 17.4 Å². The van der Waals surface area contributed by atoms with Gasteiger partial charge in [-0.1, -0.05) is 16.8 Å². The van der Waals surface area contributed by atoms with Crippen molar-refractivity contribution in [2.75, 3.05) is 6.61 Å². The van der Waals surface area contributed by atoms with Crippen molar-refractivity contribution in [3.05, 3.63) is 35.0 Å². The van der Waals surface area contributed by atoms with Crippen molar-refractivity contribution < 1.29 is 27.6 Å². The predicted octanol–water partition coefficient (Wildman–Crippen LogP) is 3.77. The Labute approximate surface area is 123 Å². The lowest BCUT2D eigenvalue weighted by molar-refractivity contribution is -0.0495. The second-order valence-corrected chi connectivity index (χ2v) is 4.25. The molecule has 2 aromatic rings. The quantitative estimate of drug-likeness (QED) is 0.785. The monoisotopic (exact) mass is 317 g/mol. The van der Waals surface area contributed by atoms with Gasteiger partial charge in [-0.25, -0.2) is 4.79 Å². The van der Waals surface area contributed by atoms with Gasteiger partial charge >= 0.3 is 12.6 Å². The van der Waals surface area contributed by atoms with E-state index in [-0.39, 0.29) is 29.4 Å². The van der Waals surface area contributed by atoms with Crippen molar-refractivity contribution in [1.82, 2.24) is 5.16 Å². The molecular weight excluding hydrogens is 308 g/mol. The number of carbonyl (C=O) groups excluding carboxylic acids is 1. The molecule has 0 atom stereocenters. The van der Waals surface area contributed by atoms with Crippen LogP contribution >= 0.6 is 11.6 Å². The highest BCUT2D eigenvalue weighted by Crippen LogP contribution is 2.34. The van der Waals surface area contributed by atoms with Crippen LogP contribution in [0, 0.1) is 0 Å². The Hall–Kier alpha value is -2.15. The summed E-state index contributed by atoms with van der Waals surface area (Å²) in [5.74, 6) is -0.747. The highest BCUT2D eigenvalue weighted by molar-refractivity contribution is 6.30. The number of hydrogen-bond acceptors (Lipinski definition) is 5. The molecule has 112 valence electrons. The van der Waals surface area contributed by atoms with Gasteiger partial charge in [-0.3, -0.25) is 0 Å². The number of rotatable bonds is 5. The van der Waals surface area contributed by atoms with Crippen molar-refractivity contribution in [2.45, 2.75) is 13.5 Å². The third-order valence-corrected chi connectivity index (χ3v) is 2.65. The number of aromatic nitrogens is 1. The number of benzene rings is 1. The molecule has 0 fully saturated rings. The summed E-state index contributed by atoms with van der Waals surface area (Å²) in [5, 5.41) is 3.82.